The number of aromatic nitrogens is 1. The lowest BCUT2D eigenvalue weighted by Crippen LogP contribution is -2.56. The summed E-state index contributed by atoms with van der Waals surface area (Å²) < 4.78 is 107. The molecule has 2 aliphatic rings. The minimum atomic E-state index is -3.04. The fraction of sp³-hybridized carbons (Fsp3) is 0.487. The fourth-order valence-corrected chi connectivity index (χ4v) is 7.33. The van der Waals surface area contributed by atoms with Gasteiger partial charge < -0.3 is 13.9 Å². The van der Waals surface area contributed by atoms with Crippen molar-refractivity contribution >= 4 is 16.9 Å². The van der Waals surface area contributed by atoms with Gasteiger partial charge in [-0.25, -0.2) is 31.3 Å². The molecule has 0 amide bonds. The highest BCUT2D eigenvalue weighted by Crippen LogP contribution is 2.47. The lowest BCUT2D eigenvalue weighted by molar-refractivity contribution is -0.123. The molecule has 0 spiro atoms. The van der Waals surface area contributed by atoms with E-state index in [0.29, 0.717) is 29.6 Å². The number of piperidine rings is 2. The monoisotopic (exact) mass is 731 g/mol. The quantitative estimate of drug-likeness (QED) is 0.106. The van der Waals surface area contributed by atoms with Crippen LogP contribution in [0.3, 0.4) is 0 Å². The molecule has 52 heavy (non-hydrogen) atoms. The van der Waals surface area contributed by atoms with Gasteiger partial charge in [0.1, 0.15) is 23.3 Å². The van der Waals surface area contributed by atoms with Crippen LogP contribution in [0.15, 0.2) is 52.9 Å². The molecule has 0 saturated carbocycles. The van der Waals surface area contributed by atoms with E-state index in [-0.39, 0.29) is 73.2 Å². The standard InChI is InChI=1S/C39H43F6N3O4/c1-23(27-7-11-29(40)12-8-27)19-31(28-9-13-30(41)14-10-28)51-37-35(33(25(3)49)24(2)34-36(37)50-26(4)46-34)52-32(48-18-6-16-39(44,45)22-48)20-47-17-5-15-38(42,43)21-47/h7-14,23,31-32H,5-6,15-22H2,1-4H3. The molecule has 13 heteroatoms. The summed E-state index contributed by atoms with van der Waals surface area (Å²) in [4.78, 5) is 21.0. The number of ether oxygens (including phenoxy) is 2. The summed E-state index contributed by atoms with van der Waals surface area (Å²) in [5.41, 5.74) is 2.34. The number of hydrogen-bond acceptors (Lipinski definition) is 7. The number of carbonyl (C=O) groups excluding carboxylic acids is 1. The molecule has 4 aromatic rings. The van der Waals surface area contributed by atoms with Gasteiger partial charge in [-0.2, -0.15) is 0 Å². The van der Waals surface area contributed by atoms with Crippen molar-refractivity contribution in [1.82, 2.24) is 14.8 Å². The Balaban J connectivity index is 1.48. The van der Waals surface area contributed by atoms with Gasteiger partial charge in [0.2, 0.25) is 11.3 Å². The molecule has 0 radical (unpaired) electrons. The van der Waals surface area contributed by atoms with Gasteiger partial charge in [-0.3, -0.25) is 14.6 Å². The van der Waals surface area contributed by atoms with Crippen molar-refractivity contribution in [3.8, 4) is 11.5 Å². The van der Waals surface area contributed by atoms with Crippen LogP contribution in [0.5, 0.6) is 11.5 Å². The predicted octanol–water partition coefficient (Wildman–Crippen LogP) is 9.41. The molecule has 2 saturated heterocycles. The average Bonchev–Trinajstić information content (AvgIpc) is 3.47. The second-order valence-corrected chi connectivity index (χ2v) is 14.2. The average molecular weight is 732 g/mol. The number of hydrogen-bond donors (Lipinski definition) is 0. The van der Waals surface area contributed by atoms with E-state index < -0.39 is 54.7 Å². The predicted molar refractivity (Wildman–Crippen MR) is 183 cm³/mol. The van der Waals surface area contributed by atoms with E-state index in [1.54, 1.807) is 38.1 Å². The van der Waals surface area contributed by atoms with Gasteiger partial charge >= 0.3 is 0 Å². The normalized spacial score (nSPS) is 19.7. The molecule has 2 aliphatic heterocycles. The summed E-state index contributed by atoms with van der Waals surface area (Å²) in [6, 6.07) is 11.7. The van der Waals surface area contributed by atoms with Crippen LogP contribution in [-0.2, 0) is 0 Å². The molecule has 280 valence electrons. The van der Waals surface area contributed by atoms with Crippen LogP contribution >= 0.6 is 0 Å². The number of Topliss-reactive ketones (excluding diaryl/α,β-unsaturated/α-hetero) is 1. The van der Waals surface area contributed by atoms with Gasteiger partial charge in [-0.1, -0.05) is 31.2 Å². The van der Waals surface area contributed by atoms with Gasteiger partial charge in [0.05, 0.1) is 18.7 Å². The van der Waals surface area contributed by atoms with Crippen molar-refractivity contribution in [3.05, 3.63) is 88.3 Å². The van der Waals surface area contributed by atoms with Crippen LogP contribution in [0.4, 0.5) is 26.3 Å². The van der Waals surface area contributed by atoms with Crippen LogP contribution < -0.4 is 9.47 Å². The summed E-state index contributed by atoms with van der Waals surface area (Å²) in [5, 5.41) is 0. The highest BCUT2D eigenvalue weighted by molar-refractivity contribution is 6.05. The van der Waals surface area contributed by atoms with Gasteiger partial charge in [0, 0.05) is 32.9 Å². The molecular weight excluding hydrogens is 688 g/mol. The molecule has 2 fully saturated rings. The molecule has 3 aromatic carbocycles. The zero-order chi connectivity index (χ0) is 37.4. The highest BCUT2D eigenvalue weighted by atomic mass is 19.3. The van der Waals surface area contributed by atoms with Crippen molar-refractivity contribution < 1.29 is 45.0 Å². The van der Waals surface area contributed by atoms with Crippen LogP contribution in [0, 0.1) is 25.5 Å². The van der Waals surface area contributed by atoms with Gasteiger partial charge in [-0.15, -0.1) is 0 Å². The largest absolute Gasteiger partial charge is 0.478 e. The van der Waals surface area contributed by atoms with Crippen LogP contribution in [-0.4, -0.2) is 71.4 Å². The Morgan fingerprint density at radius 3 is 2.06 bits per heavy atom. The number of carbonyl (C=O) groups is 1. The Labute approximate surface area is 298 Å². The molecule has 3 unspecified atom stereocenters. The van der Waals surface area contributed by atoms with Gasteiger partial charge in [0.25, 0.3) is 11.8 Å². The second-order valence-electron chi connectivity index (χ2n) is 14.2. The summed E-state index contributed by atoms with van der Waals surface area (Å²) in [6.07, 6.45) is -1.93. The van der Waals surface area contributed by atoms with E-state index >= 15 is 0 Å². The Hall–Kier alpha value is -4.10. The summed E-state index contributed by atoms with van der Waals surface area (Å²) in [5.74, 6) is -7.34. The van der Waals surface area contributed by atoms with Crippen LogP contribution in [0.1, 0.15) is 90.9 Å². The molecule has 0 N–H and O–H groups in total. The SMILES string of the molecule is CC(=O)c1c(OC(CN2CCCC(F)(F)C2)N2CCCC(F)(F)C2)c(OC(CC(C)c2ccc(F)cc2)c2ccc(F)cc2)c2oc(C)nc2c1C. The minimum Gasteiger partial charge on any atom is -0.478 e. The Kier molecular flexibility index (Phi) is 10.9. The maximum Gasteiger partial charge on any atom is 0.260 e. The second kappa shape index (κ2) is 15.1. The van der Waals surface area contributed by atoms with Crippen molar-refractivity contribution in [2.24, 2.45) is 0 Å². The Morgan fingerprint density at radius 1 is 0.865 bits per heavy atom. The lowest BCUT2D eigenvalue weighted by Gasteiger charge is -2.41. The molecule has 6 rings (SSSR count). The van der Waals surface area contributed by atoms with Crippen molar-refractivity contribution in [2.45, 2.75) is 89.9 Å². The lowest BCUT2D eigenvalue weighted by atomic mass is 9.92. The number of nitrogens with zero attached hydrogens (tertiary/aromatic N) is 3. The van der Waals surface area contributed by atoms with Gasteiger partial charge in [-0.05, 0) is 86.5 Å². The first-order valence-electron chi connectivity index (χ1n) is 17.6. The third-order valence-electron chi connectivity index (χ3n) is 9.93. The number of benzene rings is 3. The van der Waals surface area contributed by atoms with E-state index in [4.69, 9.17) is 13.9 Å². The number of likely N-dealkylation sites (tertiary alicyclic amines) is 2. The van der Waals surface area contributed by atoms with Crippen LogP contribution in [0.2, 0.25) is 0 Å². The number of alkyl halides is 4. The topological polar surface area (TPSA) is 68.0 Å². The number of aryl methyl sites for hydroxylation is 2. The smallest absolute Gasteiger partial charge is 0.260 e. The maximum atomic E-state index is 14.9. The maximum absolute atomic E-state index is 14.9. The van der Waals surface area contributed by atoms with E-state index in [9.17, 15) is 31.1 Å². The first-order chi connectivity index (χ1) is 24.6. The summed E-state index contributed by atoms with van der Waals surface area (Å²) >= 11 is 0. The first-order valence-corrected chi connectivity index (χ1v) is 17.6. The van der Waals surface area contributed by atoms with E-state index in [1.807, 2.05) is 6.92 Å². The third kappa shape index (κ3) is 8.57. The molecule has 1 aromatic heterocycles. The minimum absolute atomic E-state index is 0.0234. The van der Waals surface area contributed by atoms with Crippen molar-refractivity contribution in [2.75, 3.05) is 32.7 Å². The fourth-order valence-electron chi connectivity index (χ4n) is 7.33. The summed E-state index contributed by atoms with van der Waals surface area (Å²) in [7, 11) is 0. The van der Waals surface area contributed by atoms with Crippen molar-refractivity contribution in [3.63, 3.8) is 0 Å². The van der Waals surface area contributed by atoms with E-state index in [2.05, 4.69) is 4.98 Å². The summed E-state index contributed by atoms with van der Waals surface area (Å²) in [6.45, 7) is 5.72. The first kappa shape index (κ1) is 37.7. The van der Waals surface area contributed by atoms with Crippen LogP contribution in [0.25, 0.3) is 11.1 Å². The molecule has 3 atom stereocenters. The molecule has 0 bridgehead atoms. The van der Waals surface area contributed by atoms with E-state index in [0.717, 1.165) is 5.56 Å². The third-order valence-corrected chi connectivity index (χ3v) is 9.93. The zero-order valence-corrected chi connectivity index (χ0v) is 29.7. The van der Waals surface area contributed by atoms with Crippen molar-refractivity contribution in [1.29, 1.82) is 0 Å². The Morgan fingerprint density at radius 2 is 1.46 bits per heavy atom. The number of fused-ring (bicyclic) bond motifs is 1. The Bertz CT molecular complexity index is 1880. The molecule has 7 nitrogen and oxygen atoms in total. The number of halogens is 6. The van der Waals surface area contributed by atoms with E-state index in [1.165, 1.54) is 41.0 Å². The number of rotatable bonds is 12. The number of ketones is 1. The highest BCUT2D eigenvalue weighted by Gasteiger charge is 2.42. The zero-order valence-electron chi connectivity index (χ0n) is 29.7. The number of oxazole rings is 1. The molecule has 3 heterocycles. The van der Waals surface area contributed by atoms with Gasteiger partial charge in [0.15, 0.2) is 23.7 Å². The molecular formula is C39H43F6N3O4. The molecule has 0 aliphatic carbocycles.